The first-order valence-electron chi connectivity index (χ1n) is 7.64. The summed E-state index contributed by atoms with van der Waals surface area (Å²) in [6.07, 6.45) is 1.69. The first-order chi connectivity index (χ1) is 10.6. The van der Waals surface area contributed by atoms with Crippen LogP contribution >= 0.6 is 11.3 Å². The number of sulfonamides is 1. The number of nitrogens with one attached hydrogen (secondary N) is 2. The van der Waals surface area contributed by atoms with E-state index in [2.05, 4.69) is 33.1 Å². The lowest BCUT2D eigenvalue weighted by atomic mass is 10.3. The standard InChI is InChI=1S/C14H24N4O2S2/c1-2-15-14(16-7-6-13-5-3-11-21-13)17-8-10-18-9-4-12-22(18,19)20/h3,5,11H,2,4,6-10,12H2,1H3,(H2,15,16,17). The highest BCUT2D eigenvalue weighted by Gasteiger charge is 2.27. The SMILES string of the molecule is CCNC(=NCCN1CCCS1(=O)=O)NCCc1cccs1. The highest BCUT2D eigenvalue weighted by molar-refractivity contribution is 7.89. The van der Waals surface area contributed by atoms with E-state index in [9.17, 15) is 8.42 Å². The Labute approximate surface area is 136 Å². The largest absolute Gasteiger partial charge is 0.357 e. The third-order valence-electron chi connectivity index (χ3n) is 3.41. The number of rotatable bonds is 7. The minimum Gasteiger partial charge on any atom is -0.357 e. The Morgan fingerprint density at radius 1 is 1.45 bits per heavy atom. The number of thiophene rings is 1. The first kappa shape index (κ1) is 17.2. The fraction of sp³-hybridized carbons (Fsp3) is 0.643. The molecule has 6 nitrogen and oxygen atoms in total. The molecule has 22 heavy (non-hydrogen) atoms. The van der Waals surface area contributed by atoms with Crippen molar-refractivity contribution in [3.8, 4) is 0 Å². The van der Waals surface area contributed by atoms with Crippen LogP contribution in [0.3, 0.4) is 0 Å². The van der Waals surface area contributed by atoms with Gasteiger partial charge in [-0.15, -0.1) is 11.3 Å². The third kappa shape index (κ3) is 5.26. The van der Waals surface area contributed by atoms with Gasteiger partial charge in [0, 0.05) is 31.1 Å². The van der Waals surface area contributed by atoms with Gasteiger partial charge in [-0.05, 0) is 31.2 Å². The van der Waals surface area contributed by atoms with E-state index in [1.165, 1.54) is 9.18 Å². The van der Waals surface area contributed by atoms with Crippen LogP contribution in [0.25, 0.3) is 0 Å². The highest BCUT2D eigenvalue weighted by atomic mass is 32.2. The maximum Gasteiger partial charge on any atom is 0.214 e. The van der Waals surface area contributed by atoms with Crippen molar-refractivity contribution in [1.82, 2.24) is 14.9 Å². The molecule has 1 saturated heterocycles. The van der Waals surface area contributed by atoms with Crippen molar-refractivity contribution in [2.75, 3.05) is 38.5 Å². The van der Waals surface area contributed by atoms with Crippen molar-refractivity contribution in [3.05, 3.63) is 22.4 Å². The normalized spacial score (nSPS) is 18.5. The molecular formula is C14H24N4O2S2. The van der Waals surface area contributed by atoms with Crippen molar-refractivity contribution in [2.24, 2.45) is 4.99 Å². The molecule has 0 bridgehead atoms. The van der Waals surface area contributed by atoms with E-state index in [-0.39, 0.29) is 5.75 Å². The Bertz CT molecular complexity index is 570. The Morgan fingerprint density at radius 2 is 2.32 bits per heavy atom. The monoisotopic (exact) mass is 344 g/mol. The highest BCUT2D eigenvalue weighted by Crippen LogP contribution is 2.12. The molecule has 0 saturated carbocycles. The van der Waals surface area contributed by atoms with Crippen molar-refractivity contribution >= 4 is 27.3 Å². The van der Waals surface area contributed by atoms with Crippen LogP contribution in [0.2, 0.25) is 0 Å². The quantitative estimate of drug-likeness (QED) is 0.569. The van der Waals surface area contributed by atoms with Gasteiger partial charge in [0.2, 0.25) is 10.0 Å². The molecule has 8 heteroatoms. The summed E-state index contributed by atoms with van der Waals surface area (Å²) in [5.41, 5.74) is 0. The van der Waals surface area contributed by atoms with E-state index in [4.69, 9.17) is 0 Å². The van der Waals surface area contributed by atoms with Crippen LogP contribution in [0.1, 0.15) is 18.2 Å². The summed E-state index contributed by atoms with van der Waals surface area (Å²) < 4.78 is 25.0. The van der Waals surface area contributed by atoms with Gasteiger partial charge in [-0.1, -0.05) is 6.07 Å². The molecule has 2 heterocycles. The number of aliphatic imine (C=N–C) groups is 1. The maximum absolute atomic E-state index is 11.7. The van der Waals surface area contributed by atoms with Crippen LogP contribution in [0.5, 0.6) is 0 Å². The molecule has 2 rings (SSSR count). The molecule has 0 atom stereocenters. The van der Waals surface area contributed by atoms with Crippen LogP contribution in [-0.2, 0) is 16.4 Å². The van der Waals surface area contributed by atoms with Gasteiger partial charge in [-0.2, -0.15) is 0 Å². The number of hydrogen-bond donors (Lipinski definition) is 2. The molecule has 1 aromatic heterocycles. The summed E-state index contributed by atoms with van der Waals surface area (Å²) >= 11 is 1.75. The zero-order valence-corrected chi connectivity index (χ0v) is 14.5. The molecule has 1 aromatic rings. The van der Waals surface area contributed by atoms with E-state index >= 15 is 0 Å². The molecular weight excluding hydrogens is 320 g/mol. The first-order valence-corrected chi connectivity index (χ1v) is 10.1. The Morgan fingerprint density at radius 3 is 2.95 bits per heavy atom. The van der Waals surface area contributed by atoms with E-state index in [0.717, 1.165) is 31.9 Å². The topological polar surface area (TPSA) is 73.8 Å². The fourth-order valence-corrected chi connectivity index (χ4v) is 4.54. The smallest absolute Gasteiger partial charge is 0.214 e. The van der Waals surface area contributed by atoms with Crippen molar-refractivity contribution in [2.45, 2.75) is 19.8 Å². The van der Waals surface area contributed by atoms with Gasteiger partial charge in [0.1, 0.15) is 0 Å². The van der Waals surface area contributed by atoms with Crippen LogP contribution in [0, 0.1) is 0 Å². The molecule has 0 radical (unpaired) electrons. The van der Waals surface area contributed by atoms with Gasteiger partial charge in [0.05, 0.1) is 12.3 Å². The lowest BCUT2D eigenvalue weighted by Gasteiger charge is -2.14. The molecule has 1 aliphatic rings. The second kappa shape index (κ2) is 8.50. The minimum absolute atomic E-state index is 0.274. The zero-order valence-electron chi connectivity index (χ0n) is 12.9. The predicted molar refractivity (Wildman–Crippen MR) is 92.0 cm³/mol. The van der Waals surface area contributed by atoms with Crippen LogP contribution in [-0.4, -0.2) is 57.2 Å². The second-order valence-electron chi connectivity index (χ2n) is 5.09. The fourth-order valence-electron chi connectivity index (χ4n) is 2.32. The molecule has 0 aromatic carbocycles. The van der Waals surface area contributed by atoms with E-state index < -0.39 is 10.0 Å². The van der Waals surface area contributed by atoms with Crippen molar-refractivity contribution < 1.29 is 8.42 Å². The molecule has 1 fully saturated rings. The van der Waals surface area contributed by atoms with Crippen LogP contribution < -0.4 is 10.6 Å². The molecule has 0 unspecified atom stereocenters. The summed E-state index contributed by atoms with van der Waals surface area (Å²) in [5.74, 6) is 1.02. The molecule has 0 amide bonds. The second-order valence-corrected chi connectivity index (χ2v) is 8.21. The summed E-state index contributed by atoms with van der Waals surface area (Å²) in [5, 5.41) is 8.54. The summed E-state index contributed by atoms with van der Waals surface area (Å²) in [7, 11) is -3.02. The Kier molecular flexibility index (Phi) is 6.66. The van der Waals surface area contributed by atoms with Gasteiger partial charge in [-0.25, -0.2) is 12.7 Å². The van der Waals surface area contributed by atoms with E-state index in [0.29, 0.717) is 19.6 Å². The molecule has 0 spiro atoms. The van der Waals surface area contributed by atoms with Gasteiger partial charge < -0.3 is 10.6 Å². The van der Waals surface area contributed by atoms with Gasteiger partial charge in [0.25, 0.3) is 0 Å². The Hall–Kier alpha value is -1.12. The lowest BCUT2D eigenvalue weighted by Crippen LogP contribution is -2.39. The Balaban J connectivity index is 1.76. The van der Waals surface area contributed by atoms with Crippen LogP contribution in [0.4, 0.5) is 0 Å². The summed E-state index contributed by atoms with van der Waals surface area (Å²) in [6.45, 7) is 5.18. The average Bonchev–Trinajstić information content (AvgIpc) is 3.09. The van der Waals surface area contributed by atoms with Gasteiger partial charge in [0.15, 0.2) is 5.96 Å². The molecule has 1 aliphatic heterocycles. The summed E-state index contributed by atoms with van der Waals surface area (Å²) in [4.78, 5) is 5.79. The predicted octanol–water partition coefficient (Wildman–Crippen LogP) is 0.881. The lowest BCUT2D eigenvalue weighted by molar-refractivity contribution is 0.452. The number of nitrogens with zero attached hydrogens (tertiary/aromatic N) is 2. The van der Waals surface area contributed by atoms with E-state index in [1.807, 2.05) is 6.92 Å². The summed E-state index contributed by atoms with van der Waals surface area (Å²) in [6, 6.07) is 4.17. The molecule has 0 aliphatic carbocycles. The number of guanidine groups is 1. The third-order valence-corrected chi connectivity index (χ3v) is 6.30. The van der Waals surface area contributed by atoms with E-state index in [1.54, 1.807) is 11.3 Å². The number of hydrogen-bond acceptors (Lipinski definition) is 4. The zero-order chi connectivity index (χ0) is 15.8. The molecule has 2 N–H and O–H groups in total. The van der Waals surface area contributed by atoms with Crippen molar-refractivity contribution in [3.63, 3.8) is 0 Å². The minimum atomic E-state index is -3.02. The molecule has 124 valence electrons. The van der Waals surface area contributed by atoms with Crippen molar-refractivity contribution in [1.29, 1.82) is 0 Å². The van der Waals surface area contributed by atoms with Crippen LogP contribution in [0.15, 0.2) is 22.5 Å². The van der Waals surface area contributed by atoms with Gasteiger partial charge >= 0.3 is 0 Å². The van der Waals surface area contributed by atoms with Gasteiger partial charge in [-0.3, -0.25) is 4.99 Å². The average molecular weight is 345 g/mol. The maximum atomic E-state index is 11.7.